The predicted octanol–water partition coefficient (Wildman–Crippen LogP) is 2.94. The average Bonchev–Trinajstić information content (AvgIpc) is 2.86. The highest BCUT2D eigenvalue weighted by atomic mass is 16.6. The van der Waals surface area contributed by atoms with E-state index >= 15 is 0 Å². The first-order chi connectivity index (χ1) is 13.1. The highest BCUT2D eigenvalue weighted by molar-refractivity contribution is 5.92. The summed E-state index contributed by atoms with van der Waals surface area (Å²) in [6.07, 6.45) is 1.39. The number of nitrogens with one attached hydrogen (secondary N) is 2. The van der Waals surface area contributed by atoms with Crippen molar-refractivity contribution in [3.8, 4) is 6.07 Å². The third kappa shape index (κ3) is 6.27. The number of alkyl carbamates (subject to hydrolysis) is 1. The van der Waals surface area contributed by atoms with Gasteiger partial charge in [-0.25, -0.2) is 4.79 Å². The van der Waals surface area contributed by atoms with Gasteiger partial charge in [0.1, 0.15) is 23.0 Å². The minimum Gasteiger partial charge on any atom is -0.444 e. The van der Waals surface area contributed by atoms with E-state index in [4.69, 9.17) is 9.15 Å². The molecular formula is C20H30N4O4. The number of amides is 2. The minimum atomic E-state index is -0.503. The Morgan fingerprint density at radius 2 is 1.93 bits per heavy atom. The van der Waals surface area contributed by atoms with Crippen molar-refractivity contribution in [3.63, 3.8) is 0 Å². The maximum atomic E-state index is 12.3. The molecule has 154 valence electrons. The molecule has 1 aromatic heterocycles. The second-order valence-electron chi connectivity index (χ2n) is 8.25. The third-order valence-corrected chi connectivity index (χ3v) is 4.76. The van der Waals surface area contributed by atoms with Crippen LogP contribution in [0.15, 0.2) is 4.42 Å². The number of piperidine rings is 1. The molecular weight excluding hydrogens is 360 g/mol. The van der Waals surface area contributed by atoms with Crippen LogP contribution in [-0.2, 0) is 9.53 Å². The number of nitrogens with zero attached hydrogens (tertiary/aromatic N) is 2. The molecule has 2 rings (SSSR count). The van der Waals surface area contributed by atoms with E-state index in [2.05, 4.69) is 21.6 Å². The second-order valence-corrected chi connectivity index (χ2v) is 8.25. The van der Waals surface area contributed by atoms with Crippen molar-refractivity contribution in [2.75, 3.05) is 31.5 Å². The van der Waals surface area contributed by atoms with Crippen molar-refractivity contribution in [2.24, 2.45) is 5.92 Å². The number of anilines is 1. The molecule has 28 heavy (non-hydrogen) atoms. The highest BCUT2D eigenvalue weighted by Gasteiger charge is 2.24. The molecule has 0 saturated carbocycles. The number of carbonyl (C=O) groups is 2. The van der Waals surface area contributed by atoms with Crippen molar-refractivity contribution < 1.29 is 18.7 Å². The average molecular weight is 390 g/mol. The van der Waals surface area contributed by atoms with Gasteiger partial charge in [-0.2, -0.15) is 5.26 Å². The molecule has 8 nitrogen and oxygen atoms in total. The van der Waals surface area contributed by atoms with Crippen LogP contribution < -0.4 is 10.6 Å². The molecule has 0 radical (unpaired) electrons. The Hall–Kier alpha value is -2.53. The summed E-state index contributed by atoms with van der Waals surface area (Å²) in [5.74, 6) is 1.02. The smallest absolute Gasteiger partial charge is 0.407 e. The number of rotatable bonds is 5. The number of hydrogen-bond donors (Lipinski definition) is 2. The van der Waals surface area contributed by atoms with E-state index < -0.39 is 11.7 Å². The van der Waals surface area contributed by atoms with Crippen LogP contribution in [0, 0.1) is 31.1 Å². The van der Waals surface area contributed by atoms with Gasteiger partial charge in [0.25, 0.3) is 0 Å². The summed E-state index contributed by atoms with van der Waals surface area (Å²) < 4.78 is 10.7. The number of likely N-dealkylation sites (tertiary alicyclic amines) is 1. The second kappa shape index (κ2) is 9.11. The molecule has 0 aromatic carbocycles. The summed E-state index contributed by atoms with van der Waals surface area (Å²) in [5, 5.41) is 14.7. The van der Waals surface area contributed by atoms with Gasteiger partial charge in [0.15, 0.2) is 0 Å². The number of hydrogen-bond acceptors (Lipinski definition) is 6. The van der Waals surface area contributed by atoms with E-state index in [0.29, 0.717) is 23.8 Å². The van der Waals surface area contributed by atoms with Gasteiger partial charge < -0.3 is 14.5 Å². The fourth-order valence-corrected chi connectivity index (χ4v) is 3.11. The molecule has 0 bridgehead atoms. The minimum absolute atomic E-state index is 0.199. The highest BCUT2D eigenvalue weighted by Crippen LogP contribution is 2.25. The molecule has 2 N–H and O–H groups in total. The summed E-state index contributed by atoms with van der Waals surface area (Å²) in [6.45, 7) is 11.4. The SMILES string of the molecule is Cc1oc(NC(=O)CN2CCC(CNC(=O)OC(C)(C)C)CC2)c(C#N)c1C. The van der Waals surface area contributed by atoms with Gasteiger partial charge in [0, 0.05) is 12.1 Å². The molecule has 1 aliphatic rings. The largest absolute Gasteiger partial charge is 0.444 e. The first-order valence-electron chi connectivity index (χ1n) is 9.58. The van der Waals surface area contributed by atoms with Crippen LogP contribution in [0.4, 0.5) is 10.7 Å². The molecule has 1 fully saturated rings. The van der Waals surface area contributed by atoms with Crippen LogP contribution in [0.1, 0.15) is 50.5 Å². The van der Waals surface area contributed by atoms with Gasteiger partial charge in [-0.05, 0) is 66.5 Å². The van der Waals surface area contributed by atoms with Crippen LogP contribution in [0.25, 0.3) is 0 Å². The normalized spacial score (nSPS) is 15.7. The van der Waals surface area contributed by atoms with Crippen LogP contribution in [-0.4, -0.2) is 48.7 Å². The van der Waals surface area contributed by atoms with Crippen molar-refractivity contribution in [1.82, 2.24) is 10.2 Å². The maximum Gasteiger partial charge on any atom is 0.407 e. The zero-order chi connectivity index (χ0) is 20.9. The maximum absolute atomic E-state index is 12.3. The fraction of sp³-hybridized carbons (Fsp3) is 0.650. The molecule has 0 aliphatic carbocycles. The lowest BCUT2D eigenvalue weighted by molar-refractivity contribution is -0.117. The summed E-state index contributed by atoms with van der Waals surface area (Å²) in [6, 6.07) is 2.07. The van der Waals surface area contributed by atoms with Gasteiger partial charge in [-0.1, -0.05) is 0 Å². The number of ether oxygens (including phenoxy) is 1. The Bertz CT molecular complexity index is 749. The number of aryl methyl sites for hydroxylation is 1. The number of carbonyl (C=O) groups excluding carboxylic acids is 2. The fourth-order valence-electron chi connectivity index (χ4n) is 3.11. The molecule has 1 aromatic rings. The van der Waals surface area contributed by atoms with Crippen molar-refractivity contribution in [3.05, 3.63) is 16.9 Å². The van der Waals surface area contributed by atoms with Gasteiger partial charge in [0.05, 0.1) is 6.54 Å². The van der Waals surface area contributed by atoms with Crippen LogP contribution in [0.5, 0.6) is 0 Å². The monoisotopic (exact) mass is 390 g/mol. The Labute approximate surface area is 166 Å². The summed E-state index contributed by atoms with van der Waals surface area (Å²) in [7, 11) is 0. The first-order valence-corrected chi connectivity index (χ1v) is 9.58. The van der Waals surface area contributed by atoms with E-state index in [1.54, 1.807) is 13.8 Å². The Balaban J connectivity index is 1.74. The van der Waals surface area contributed by atoms with E-state index in [-0.39, 0.29) is 18.3 Å². The molecule has 0 spiro atoms. The lowest BCUT2D eigenvalue weighted by Gasteiger charge is -2.31. The van der Waals surface area contributed by atoms with E-state index in [9.17, 15) is 14.9 Å². The zero-order valence-electron chi connectivity index (χ0n) is 17.3. The van der Waals surface area contributed by atoms with E-state index in [1.165, 1.54) is 0 Å². The Morgan fingerprint density at radius 3 is 2.50 bits per heavy atom. The molecule has 1 aliphatic heterocycles. The van der Waals surface area contributed by atoms with Crippen LogP contribution in [0.3, 0.4) is 0 Å². The molecule has 2 amide bonds. The Morgan fingerprint density at radius 1 is 1.29 bits per heavy atom. The topological polar surface area (TPSA) is 108 Å². The molecule has 0 atom stereocenters. The lowest BCUT2D eigenvalue weighted by Crippen LogP contribution is -2.42. The van der Waals surface area contributed by atoms with Crippen molar-refractivity contribution in [1.29, 1.82) is 5.26 Å². The van der Waals surface area contributed by atoms with Crippen molar-refractivity contribution >= 4 is 17.9 Å². The van der Waals surface area contributed by atoms with E-state index in [1.807, 2.05) is 20.8 Å². The van der Waals surface area contributed by atoms with Gasteiger partial charge >= 0.3 is 6.09 Å². The zero-order valence-corrected chi connectivity index (χ0v) is 17.3. The first kappa shape index (κ1) is 21.8. The van der Waals surface area contributed by atoms with Gasteiger partial charge in [-0.15, -0.1) is 0 Å². The lowest BCUT2D eigenvalue weighted by atomic mass is 9.97. The molecule has 8 heteroatoms. The van der Waals surface area contributed by atoms with Crippen LogP contribution >= 0.6 is 0 Å². The molecule has 1 saturated heterocycles. The van der Waals surface area contributed by atoms with E-state index in [0.717, 1.165) is 31.5 Å². The number of furan rings is 1. The quantitative estimate of drug-likeness (QED) is 0.800. The Kier molecular flexibility index (Phi) is 7.08. The third-order valence-electron chi connectivity index (χ3n) is 4.76. The predicted molar refractivity (Wildman–Crippen MR) is 105 cm³/mol. The van der Waals surface area contributed by atoms with Crippen molar-refractivity contribution in [2.45, 2.75) is 53.1 Å². The van der Waals surface area contributed by atoms with Crippen LogP contribution in [0.2, 0.25) is 0 Å². The summed E-state index contributed by atoms with van der Waals surface area (Å²) in [5.41, 5.74) is 0.617. The van der Waals surface area contributed by atoms with Gasteiger partial charge in [-0.3, -0.25) is 15.0 Å². The molecule has 2 heterocycles. The number of nitriles is 1. The van der Waals surface area contributed by atoms with Gasteiger partial charge in [0.2, 0.25) is 11.8 Å². The summed E-state index contributed by atoms with van der Waals surface area (Å²) >= 11 is 0. The summed E-state index contributed by atoms with van der Waals surface area (Å²) in [4.78, 5) is 26.1. The molecule has 0 unspecified atom stereocenters. The standard InChI is InChI=1S/C20H30N4O4/c1-13-14(2)27-18(16(13)10-21)23-17(25)12-24-8-6-15(7-9-24)11-22-19(26)28-20(3,4)5/h15H,6-9,11-12H2,1-5H3,(H,22,26)(H,23,25).